The van der Waals surface area contributed by atoms with Crippen LogP contribution in [0.5, 0.6) is 0 Å². The Hall–Kier alpha value is -2.28. The molecule has 1 aromatic heterocycles. The lowest BCUT2D eigenvalue weighted by Gasteiger charge is -2.20. The fraction of sp³-hybridized carbons (Fsp3) is 0.375. The summed E-state index contributed by atoms with van der Waals surface area (Å²) in [7, 11) is 0. The van der Waals surface area contributed by atoms with E-state index in [0.29, 0.717) is 17.6 Å². The number of aromatic nitrogens is 1. The van der Waals surface area contributed by atoms with Crippen molar-refractivity contribution in [2.24, 2.45) is 0 Å². The highest BCUT2D eigenvalue weighted by Crippen LogP contribution is 2.28. The number of carbonyl (C=O) groups excluding carboxylic acids is 1. The van der Waals surface area contributed by atoms with Crippen molar-refractivity contribution in [1.82, 2.24) is 15.6 Å². The maximum absolute atomic E-state index is 13.3. The van der Waals surface area contributed by atoms with Crippen LogP contribution >= 0.6 is 0 Å². The third-order valence-electron chi connectivity index (χ3n) is 4.52. The molecule has 0 saturated carbocycles. The molecule has 120 valence electrons. The summed E-state index contributed by atoms with van der Waals surface area (Å²) < 4.78 is 31.6. The fourth-order valence-corrected chi connectivity index (χ4v) is 3.38. The highest BCUT2D eigenvalue weighted by atomic mass is 19.2. The Bertz CT molecular complexity index is 762. The zero-order valence-corrected chi connectivity index (χ0v) is 12.2. The summed E-state index contributed by atoms with van der Waals surface area (Å²) in [5.74, 6) is -2.15. The van der Waals surface area contributed by atoms with E-state index in [1.54, 1.807) is 0 Å². The molecule has 2 N–H and O–H groups in total. The summed E-state index contributed by atoms with van der Waals surface area (Å²) in [5, 5.41) is 6.35. The van der Waals surface area contributed by atoms with E-state index in [4.69, 9.17) is 4.42 Å². The van der Waals surface area contributed by atoms with Gasteiger partial charge < -0.3 is 15.1 Å². The zero-order chi connectivity index (χ0) is 16.0. The quantitative estimate of drug-likeness (QED) is 0.910. The Morgan fingerprint density at radius 1 is 1.30 bits per heavy atom. The molecule has 2 saturated heterocycles. The van der Waals surface area contributed by atoms with Crippen LogP contribution in [0.4, 0.5) is 8.78 Å². The molecule has 0 unspecified atom stereocenters. The molecule has 4 rings (SSSR count). The maximum Gasteiger partial charge on any atom is 0.307 e. The van der Waals surface area contributed by atoms with Gasteiger partial charge in [0.15, 0.2) is 17.4 Å². The van der Waals surface area contributed by atoms with Crippen molar-refractivity contribution in [3.8, 4) is 11.3 Å². The van der Waals surface area contributed by atoms with Crippen LogP contribution in [0.3, 0.4) is 0 Å². The van der Waals surface area contributed by atoms with Crippen molar-refractivity contribution in [2.75, 3.05) is 0 Å². The highest BCUT2D eigenvalue weighted by Gasteiger charge is 2.40. The van der Waals surface area contributed by atoms with Crippen LogP contribution in [0.15, 0.2) is 28.8 Å². The Kier molecular flexibility index (Phi) is 3.37. The summed E-state index contributed by atoms with van der Waals surface area (Å²) >= 11 is 0. The van der Waals surface area contributed by atoms with Crippen molar-refractivity contribution in [3.63, 3.8) is 0 Å². The maximum atomic E-state index is 13.3. The molecule has 2 aliphatic rings. The van der Waals surface area contributed by atoms with E-state index in [0.717, 1.165) is 31.4 Å². The molecule has 0 aliphatic carbocycles. The predicted octanol–water partition coefficient (Wildman–Crippen LogP) is 2.24. The van der Waals surface area contributed by atoms with E-state index in [1.807, 2.05) is 0 Å². The van der Waals surface area contributed by atoms with Crippen LogP contribution in [0.25, 0.3) is 11.3 Å². The Morgan fingerprint density at radius 2 is 2.17 bits per heavy atom. The molecule has 2 aliphatic heterocycles. The van der Waals surface area contributed by atoms with Crippen molar-refractivity contribution < 1.29 is 18.0 Å². The van der Waals surface area contributed by atoms with E-state index < -0.39 is 17.5 Å². The summed E-state index contributed by atoms with van der Waals surface area (Å²) in [5.41, 5.74) is 0.331. The number of fused-ring (bicyclic) bond motifs is 2. The minimum Gasteiger partial charge on any atom is -0.432 e. The molecular weight excluding hydrogens is 304 g/mol. The zero-order valence-electron chi connectivity index (χ0n) is 12.2. The molecule has 7 heteroatoms. The highest BCUT2D eigenvalue weighted by molar-refractivity contribution is 5.90. The van der Waals surface area contributed by atoms with Gasteiger partial charge in [0.05, 0.1) is 6.20 Å². The monoisotopic (exact) mass is 319 g/mol. The molecule has 0 radical (unpaired) electrons. The van der Waals surface area contributed by atoms with E-state index >= 15 is 0 Å². The molecule has 3 atom stereocenters. The van der Waals surface area contributed by atoms with Gasteiger partial charge in [-0.2, -0.15) is 0 Å². The first-order chi connectivity index (χ1) is 11.1. The second kappa shape index (κ2) is 5.42. The Morgan fingerprint density at radius 3 is 2.87 bits per heavy atom. The van der Waals surface area contributed by atoms with Crippen LogP contribution < -0.4 is 10.6 Å². The van der Waals surface area contributed by atoms with Gasteiger partial charge in [-0.25, -0.2) is 13.8 Å². The number of hydrogen-bond acceptors (Lipinski definition) is 4. The van der Waals surface area contributed by atoms with Crippen molar-refractivity contribution >= 4 is 5.91 Å². The number of oxazole rings is 1. The average molecular weight is 319 g/mol. The van der Waals surface area contributed by atoms with E-state index in [9.17, 15) is 13.6 Å². The number of halogens is 2. The SMILES string of the molecule is O=C(N[C@@H]1C[C@H]2CC[C@@H]1N2)c1ncc(-c2ccc(F)c(F)c2)o1. The number of nitrogens with one attached hydrogen (secondary N) is 2. The molecule has 3 heterocycles. The van der Waals surface area contributed by atoms with Gasteiger partial charge >= 0.3 is 5.91 Å². The van der Waals surface area contributed by atoms with E-state index in [-0.39, 0.29) is 17.7 Å². The minimum absolute atomic E-state index is 0.0764. The topological polar surface area (TPSA) is 67.2 Å². The van der Waals surface area contributed by atoms with Gasteiger partial charge in [-0.05, 0) is 37.5 Å². The van der Waals surface area contributed by atoms with Gasteiger partial charge in [-0.3, -0.25) is 4.79 Å². The lowest BCUT2D eigenvalue weighted by molar-refractivity contribution is 0.0896. The second-order valence-electron chi connectivity index (χ2n) is 6.02. The third-order valence-corrected chi connectivity index (χ3v) is 4.52. The summed E-state index contributed by atoms with van der Waals surface area (Å²) in [6.07, 6.45) is 4.45. The van der Waals surface area contributed by atoms with Gasteiger partial charge in [-0.1, -0.05) is 0 Å². The average Bonchev–Trinajstić information content (AvgIpc) is 3.25. The number of benzene rings is 1. The number of nitrogens with zero attached hydrogens (tertiary/aromatic N) is 1. The molecule has 5 nitrogen and oxygen atoms in total. The minimum atomic E-state index is -0.974. The summed E-state index contributed by atoms with van der Waals surface area (Å²) in [6, 6.07) is 4.27. The molecule has 23 heavy (non-hydrogen) atoms. The van der Waals surface area contributed by atoms with Crippen LogP contribution in [0.2, 0.25) is 0 Å². The van der Waals surface area contributed by atoms with Gasteiger partial charge in [0.25, 0.3) is 5.89 Å². The molecule has 2 bridgehead atoms. The van der Waals surface area contributed by atoms with E-state index in [2.05, 4.69) is 15.6 Å². The Labute approximate surface area is 131 Å². The van der Waals surface area contributed by atoms with Crippen molar-refractivity contribution in [3.05, 3.63) is 41.9 Å². The molecule has 0 spiro atoms. The van der Waals surface area contributed by atoms with Crippen LogP contribution in [-0.4, -0.2) is 29.0 Å². The lowest BCUT2D eigenvalue weighted by atomic mass is 9.95. The molecular formula is C16H15F2N3O2. The van der Waals surface area contributed by atoms with Crippen LogP contribution in [-0.2, 0) is 0 Å². The van der Waals surface area contributed by atoms with Gasteiger partial charge in [-0.15, -0.1) is 0 Å². The van der Waals surface area contributed by atoms with Crippen molar-refractivity contribution in [2.45, 2.75) is 37.4 Å². The summed E-state index contributed by atoms with van der Waals surface area (Å²) in [6.45, 7) is 0. The smallest absolute Gasteiger partial charge is 0.307 e. The van der Waals surface area contributed by atoms with Crippen molar-refractivity contribution in [1.29, 1.82) is 0 Å². The second-order valence-corrected chi connectivity index (χ2v) is 6.02. The molecule has 1 aromatic carbocycles. The fourth-order valence-electron chi connectivity index (χ4n) is 3.38. The first-order valence-corrected chi connectivity index (χ1v) is 7.58. The number of rotatable bonds is 3. The normalized spacial score (nSPS) is 25.7. The summed E-state index contributed by atoms with van der Waals surface area (Å²) in [4.78, 5) is 16.1. The molecule has 2 fully saturated rings. The van der Waals surface area contributed by atoms with Crippen LogP contribution in [0.1, 0.15) is 29.9 Å². The first kappa shape index (κ1) is 14.3. The van der Waals surface area contributed by atoms with Gasteiger partial charge in [0.1, 0.15) is 0 Å². The lowest BCUT2D eigenvalue weighted by Crippen LogP contribution is -2.43. The largest absolute Gasteiger partial charge is 0.432 e. The van der Waals surface area contributed by atoms with Gasteiger partial charge in [0, 0.05) is 23.7 Å². The third kappa shape index (κ3) is 2.61. The van der Waals surface area contributed by atoms with Crippen LogP contribution in [0, 0.1) is 11.6 Å². The number of carbonyl (C=O) groups is 1. The Balaban J connectivity index is 1.48. The van der Waals surface area contributed by atoms with E-state index in [1.165, 1.54) is 12.3 Å². The number of hydrogen-bond donors (Lipinski definition) is 2. The first-order valence-electron chi connectivity index (χ1n) is 7.58. The number of amides is 1. The predicted molar refractivity (Wildman–Crippen MR) is 77.7 cm³/mol. The van der Waals surface area contributed by atoms with Gasteiger partial charge in [0.2, 0.25) is 0 Å². The standard InChI is InChI=1S/C16H15F2N3O2/c17-10-3-1-8(5-11(10)18)14-7-19-16(23-14)15(22)21-13-6-9-2-4-12(13)20-9/h1,3,5,7,9,12-13,20H,2,4,6H2,(H,21,22)/t9-,12+,13-/m1/s1. The molecule has 2 aromatic rings. The molecule has 1 amide bonds.